The number of benzodiazepines with no additional fused rings is 1. The van der Waals surface area contributed by atoms with Gasteiger partial charge in [0.15, 0.2) is 0 Å². The van der Waals surface area contributed by atoms with E-state index in [1.54, 1.807) is 29.2 Å². The van der Waals surface area contributed by atoms with Crippen molar-refractivity contribution >= 4 is 40.5 Å². The van der Waals surface area contributed by atoms with E-state index in [0.29, 0.717) is 22.0 Å². The fourth-order valence-corrected chi connectivity index (χ4v) is 3.62. The maximum absolute atomic E-state index is 13.4. The van der Waals surface area contributed by atoms with Gasteiger partial charge in [0.1, 0.15) is 12.4 Å². The zero-order valence-electron chi connectivity index (χ0n) is 14.7. The highest BCUT2D eigenvalue weighted by Crippen LogP contribution is 2.31. The zero-order valence-corrected chi connectivity index (χ0v) is 16.2. The quantitative estimate of drug-likeness (QED) is 0.557. The van der Waals surface area contributed by atoms with Crippen molar-refractivity contribution < 1.29 is 9.18 Å². The molecule has 140 valence electrons. The molecule has 0 saturated heterocycles. The molecule has 0 aromatic heterocycles. The van der Waals surface area contributed by atoms with E-state index in [9.17, 15) is 9.18 Å². The minimum absolute atomic E-state index is 0.00462. The summed E-state index contributed by atoms with van der Waals surface area (Å²) in [6.45, 7) is 0.208. The zero-order chi connectivity index (χ0) is 19.7. The number of nitrogens with zero attached hydrogens (tertiary/aromatic N) is 2. The Morgan fingerprint density at radius 2 is 1.79 bits per heavy atom. The number of carbonyl (C=O) groups is 1. The summed E-state index contributed by atoms with van der Waals surface area (Å²) in [4.78, 5) is 19.1. The molecule has 1 amide bonds. The van der Waals surface area contributed by atoms with E-state index < -0.39 is 5.82 Å². The molecule has 1 aliphatic rings. The molecule has 0 radical (unpaired) electrons. The van der Waals surface area contributed by atoms with Crippen LogP contribution in [-0.2, 0) is 11.3 Å². The van der Waals surface area contributed by atoms with Crippen molar-refractivity contribution in [1.29, 1.82) is 0 Å². The molecule has 1 heterocycles. The van der Waals surface area contributed by atoms with E-state index in [4.69, 9.17) is 23.2 Å². The van der Waals surface area contributed by atoms with Gasteiger partial charge >= 0.3 is 0 Å². The molecule has 0 N–H and O–H groups in total. The molecular formula is C22H15Cl2FN2O. The van der Waals surface area contributed by atoms with Crippen LogP contribution in [-0.4, -0.2) is 18.2 Å². The van der Waals surface area contributed by atoms with Crippen LogP contribution in [0.25, 0.3) is 0 Å². The Hall–Kier alpha value is -2.69. The summed E-state index contributed by atoms with van der Waals surface area (Å²) < 4.78 is 13.4. The third-order valence-electron chi connectivity index (χ3n) is 4.57. The molecule has 3 aromatic rings. The molecular weight excluding hydrogens is 398 g/mol. The number of aliphatic imine (C=N–C) groups is 1. The molecule has 0 bridgehead atoms. The second-order valence-corrected chi connectivity index (χ2v) is 7.25. The lowest BCUT2D eigenvalue weighted by Gasteiger charge is -2.24. The van der Waals surface area contributed by atoms with Gasteiger partial charge < -0.3 is 4.90 Å². The standard InChI is InChI=1S/C22H15Cl2FN2O/c23-16-7-9-20-18(10-16)22(14-4-2-1-3-5-14)26-12-21(28)27(20)13-15-6-8-17(25)11-19(15)24/h1-11H,12-13H2. The maximum Gasteiger partial charge on any atom is 0.248 e. The first-order valence-corrected chi connectivity index (χ1v) is 9.42. The summed E-state index contributed by atoms with van der Waals surface area (Å²) in [7, 11) is 0. The predicted molar refractivity (Wildman–Crippen MR) is 111 cm³/mol. The molecule has 1 aliphatic heterocycles. The predicted octanol–water partition coefficient (Wildman–Crippen LogP) is 5.52. The molecule has 28 heavy (non-hydrogen) atoms. The molecule has 3 aromatic carbocycles. The Kier molecular flexibility index (Phi) is 5.16. The fraction of sp³-hybridized carbons (Fsp3) is 0.0909. The minimum Gasteiger partial charge on any atom is -0.306 e. The van der Waals surface area contributed by atoms with Crippen LogP contribution in [0.3, 0.4) is 0 Å². The van der Waals surface area contributed by atoms with Gasteiger partial charge in [-0.1, -0.05) is 59.6 Å². The van der Waals surface area contributed by atoms with Crippen LogP contribution in [0.15, 0.2) is 71.7 Å². The highest BCUT2D eigenvalue weighted by Gasteiger charge is 2.26. The summed E-state index contributed by atoms with van der Waals surface area (Å²) >= 11 is 12.4. The topological polar surface area (TPSA) is 32.7 Å². The van der Waals surface area contributed by atoms with Crippen LogP contribution in [0.4, 0.5) is 10.1 Å². The van der Waals surface area contributed by atoms with Crippen molar-refractivity contribution in [1.82, 2.24) is 0 Å². The smallest absolute Gasteiger partial charge is 0.248 e. The molecule has 3 nitrogen and oxygen atoms in total. The van der Waals surface area contributed by atoms with Gasteiger partial charge in [0.2, 0.25) is 5.91 Å². The number of rotatable bonds is 3. The molecule has 0 unspecified atom stereocenters. The van der Waals surface area contributed by atoms with Crippen molar-refractivity contribution in [3.63, 3.8) is 0 Å². The lowest BCUT2D eigenvalue weighted by molar-refractivity contribution is -0.117. The second kappa shape index (κ2) is 7.74. The number of amides is 1. The van der Waals surface area contributed by atoms with E-state index in [-0.39, 0.29) is 24.0 Å². The molecule has 6 heteroatoms. The number of benzene rings is 3. The van der Waals surface area contributed by atoms with Gasteiger partial charge in [-0.3, -0.25) is 9.79 Å². The number of hydrogen-bond acceptors (Lipinski definition) is 2. The first-order valence-electron chi connectivity index (χ1n) is 8.67. The first-order chi connectivity index (χ1) is 13.5. The maximum atomic E-state index is 13.4. The van der Waals surface area contributed by atoms with Gasteiger partial charge in [0.25, 0.3) is 0 Å². The Balaban J connectivity index is 1.82. The summed E-state index contributed by atoms with van der Waals surface area (Å²) in [6.07, 6.45) is 0. The van der Waals surface area contributed by atoms with Gasteiger partial charge in [-0.05, 0) is 35.9 Å². The SMILES string of the molecule is O=C1CN=C(c2ccccc2)c2cc(Cl)ccc2N1Cc1ccc(F)cc1Cl. The second-order valence-electron chi connectivity index (χ2n) is 6.41. The Bertz CT molecular complexity index is 1080. The Morgan fingerprint density at radius 3 is 2.54 bits per heavy atom. The Morgan fingerprint density at radius 1 is 1.00 bits per heavy atom. The third kappa shape index (κ3) is 3.66. The van der Waals surface area contributed by atoms with E-state index in [1.807, 2.05) is 30.3 Å². The molecule has 0 spiro atoms. The highest BCUT2D eigenvalue weighted by atomic mass is 35.5. The largest absolute Gasteiger partial charge is 0.306 e. The normalized spacial score (nSPS) is 13.8. The van der Waals surface area contributed by atoms with Crippen LogP contribution in [0.5, 0.6) is 0 Å². The van der Waals surface area contributed by atoms with Crippen LogP contribution < -0.4 is 4.90 Å². The van der Waals surface area contributed by atoms with Gasteiger partial charge in [0, 0.05) is 21.2 Å². The van der Waals surface area contributed by atoms with Gasteiger partial charge in [0.05, 0.1) is 17.9 Å². The van der Waals surface area contributed by atoms with Crippen molar-refractivity contribution in [2.45, 2.75) is 6.54 Å². The highest BCUT2D eigenvalue weighted by molar-refractivity contribution is 6.32. The summed E-state index contributed by atoms with van der Waals surface area (Å²) in [5.41, 5.74) is 3.72. The summed E-state index contributed by atoms with van der Waals surface area (Å²) in [5.74, 6) is -0.590. The van der Waals surface area contributed by atoms with Crippen molar-refractivity contribution in [3.05, 3.63) is 99.3 Å². The first kappa shape index (κ1) is 18.7. The van der Waals surface area contributed by atoms with Gasteiger partial charge in [-0.25, -0.2) is 4.39 Å². The molecule has 0 fully saturated rings. The van der Waals surface area contributed by atoms with Crippen LogP contribution in [0, 0.1) is 5.82 Å². The van der Waals surface area contributed by atoms with Crippen LogP contribution in [0.2, 0.25) is 10.0 Å². The number of carbonyl (C=O) groups excluding carboxylic acids is 1. The fourth-order valence-electron chi connectivity index (χ4n) is 3.22. The molecule has 0 saturated carbocycles. The average molecular weight is 413 g/mol. The summed E-state index contributed by atoms with van der Waals surface area (Å²) in [6, 6.07) is 19.2. The van der Waals surface area contributed by atoms with Crippen LogP contribution in [0.1, 0.15) is 16.7 Å². The van der Waals surface area contributed by atoms with Gasteiger partial charge in [-0.2, -0.15) is 0 Å². The average Bonchev–Trinajstić information content (AvgIpc) is 2.81. The number of halogens is 3. The number of hydrogen-bond donors (Lipinski definition) is 0. The molecule has 0 atom stereocenters. The lowest BCUT2D eigenvalue weighted by Crippen LogP contribution is -2.32. The molecule has 0 aliphatic carbocycles. The van der Waals surface area contributed by atoms with Crippen LogP contribution >= 0.6 is 23.2 Å². The lowest BCUT2D eigenvalue weighted by atomic mass is 10.00. The Labute approximate surface area is 172 Å². The number of fused-ring (bicyclic) bond motifs is 1. The minimum atomic E-state index is -0.419. The van der Waals surface area contributed by atoms with Crippen molar-refractivity contribution in [3.8, 4) is 0 Å². The summed E-state index contributed by atoms with van der Waals surface area (Å²) in [5, 5.41) is 0.827. The van der Waals surface area contributed by atoms with Crippen molar-refractivity contribution in [2.24, 2.45) is 4.99 Å². The van der Waals surface area contributed by atoms with E-state index in [2.05, 4.69) is 4.99 Å². The van der Waals surface area contributed by atoms with E-state index in [1.165, 1.54) is 12.1 Å². The van der Waals surface area contributed by atoms with Crippen molar-refractivity contribution in [2.75, 3.05) is 11.4 Å². The third-order valence-corrected chi connectivity index (χ3v) is 5.16. The molecule has 4 rings (SSSR count). The van der Waals surface area contributed by atoms with E-state index >= 15 is 0 Å². The monoisotopic (exact) mass is 412 g/mol. The van der Waals surface area contributed by atoms with Gasteiger partial charge in [-0.15, -0.1) is 0 Å². The van der Waals surface area contributed by atoms with E-state index in [0.717, 1.165) is 11.1 Å². The number of anilines is 1.